The summed E-state index contributed by atoms with van der Waals surface area (Å²) in [7, 11) is 2.01. The Bertz CT molecular complexity index is 325. The van der Waals surface area contributed by atoms with Gasteiger partial charge in [0, 0.05) is 30.9 Å². The standard InChI is InChI=1S/C10H13NO/c1-7-3-4-9(12)8-5-6-11(2)10(7)8/h5-7H,3-4H2,1-2H3. The fraction of sp³-hybridized carbons (Fsp3) is 0.500. The molecule has 0 saturated heterocycles. The van der Waals surface area contributed by atoms with Gasteiger partial charge in [-0.1, -0.05) is 6.92 Å². The van der Waals surface area contributed by atoms with Gasteiger partial charge >= 0.3 is 0 Å². The molecule has 0 spiro atoms. The van der Waals surface area contributed by atoms with E-state index in [1.807, 2.05) is 19.3 Å². The van der Waals surface area contributed by atoms with Crippen molar-refractivity contribution < 1.29 is 4.79 Å². The molecular formula is C10H13NO. The Morgan fingerprint density at radius 1 is 1.58 bits per heavy atom. The van der Waals surface area contributed by atoms with Crippen molar-refractivity contribution in [2.24, 2.45) is 7.05 Å². The molecule has 0 radical (unpaired) electrons. The molecule has 1 atom stereocenters. The summed E-state index contributed by atoms with van der Waals surface area (Å²) in [6, 6.07) is 1.94. The van der Waals surface area contributed by atoms with Crippen molar-refractivity contribution in [2.45, 2.75) is 25.7 Å². The molecule has 1 aliphatic rings. The van der Waals surface area contributed by atoms with Crippen LogP contribution in [0.2, 0.25) is 0 Å². The highest BCUT2D eigenvalue weighted by atomic mass is 16.1. The monoisotopic (exact) mass is 163 g/mol. The number of rotatable bonds is 0. The van der Waals surface area contributed by atoms with Gasteiger partial charge in [0.15, 0.2) is 5.78 Å². The Morgan fingerprint density at radius 3 is 3.00 bits per heavy atom. The third-order valence-electron chi connectivity index (χ3n) is 2.69. The number of fused-ring (bicyclic) bond motifs is 1. The van der Waals surface area contributed by atoms with Crippen LogP contribution in [0.15, 0.2) is 12.3 Å². The number of hydrogen-bond donors (Lipinski definition) is 0. The van der Waals surface area contributed by atoms with Crippen LogP contribution >= 0.6 is 0 Å². The van der Waals surface area contributed by atoms with Crippen LogP contribution in [0.3, 0.4) is 0 Å². The number of nitrogens with zero attached hydrogens (tertiary/aromatic N) is 1. The van der Waals surface area contributed by atoms with E-state index in [0.29, 0.717) is 11.7 Å². The zero-order valence-electron chi connectivity index (χ0n) is 7.50. The minimum absolute atomic E-state index is 0.309. The highest BCUT2D eigenvalue weighted by Crippen LogP contribution is 2.30. The molecule has 0 aliphatic heterocycles. The van der Waals surface area contributed by atoms with Crippen LogP contribution in [-0.4, -0.2) is 10.4 Å². The van der Waals surface area contributed by atoms with Crippen molar-refractivity contribution in [3.05, 3.63) is 23.5 Å². The topological polar surface area (TPSA) is 22.0 Å². The molecule has 1 heterocycles. The van der Waals surface area contributed by atoms with Crippen LogP contribution in [-0.2, 0) is 7.05 Å². The number of hydrogen-bond acceptors (Lipinski definition) is 1. The number of carbonyl (C=O) groups is 1. The molecule has 1 unspecified atom stereocenters. The lowest BCUT2D eigenvalue weighted by atomic mass is 9.88. The van der Waals surface area contributed by atoms with Crippen LogP contribution in [0.1, 0.15) is 41.7 Å². The average molecular weight is 163 g/mol. The van der Waals surface area contributed by atoms with E-state index in [1.54, 1.807) is 0 Å². The average Bonchev–Trinajstić information content (AvgIpc) is 2.42. The fourth-order valence-electron chi connectivity index (χ4n) is 2.01. The lowest BCUT2D eigenvalue weighted by molar-refractivity contribution is 0.0967. The van der Waals surface area contributed by atoms with E-state index in [4.69, 9.17) is 0 Å². The first-order valence-electron chi connectivity index (χ1n) is 4.38. The molecule has 1 aliphatic carbocycles. The zero-order valence-corrected chi connectivity index (χ0v) is 7.50. The predicted molar refractivity (Wildman–Crippen MR) is 47.4 cm³/mol. The summed E-state index contributed by atoms with van der Waals surface area (Å²) in [5.41, 5.74) is 2.16. The van der Waals surface area contributed by atoms with Crippen LogP contribution < -0.4 is 0 Å². The van der Waals surface area contributed by atoms with Crippen molar-refractivity contribution in [1.29, 1.82) is 0 Å². The lowest BCUT2D eigenvalue weighted by Gasteiger charge is -2.19. The highest BCUT2D eigenvalue weighted by Gasteiger charge is 2.24. The molecule has 2 nitrogen and oxygen atoms in total. The number of ketones is 1. The molecule has 12 heavy (non-hydrogen) atoms. The number of aromatic nitrogens is 1. The van der Waals surface area contributed by atoms with E-state index in [1.165, 1.54) is 5.69 Å². The van der Waals surface area contributed by atoms with Gasteiger partial charge < -0.3 is 4.57 Å². The first-order chi connectivity index (χ1) is 5.70. The number of carbonyl (C=O) groups excluding carboxylic acids is 1. The highest BCUT2D eigenvalue weighted by molar-refractivity contribution is 5.98. The summed E-state index contributed by atoms with van der Waals surface area (Å²) in [6.45, 7) is 2.19. The second-order valence-electron chi connectivity index (χ2n) is 3.59. The van der Waals surface area contributed by atoms with Crippen molar-refractivity contribution in [3.63, 3.8) is 0 Å². The van der Waals surface area contributed by atoms with Crippen LogP contribution in [0.5, 0.6) is 0 Å². The molecule has 1 aromatic heterocycles. The molecule has 0 N–H and O–H groups in total. The van der Waals surface area contributed by atoms with E-state index in [9.17, 15) is 4.79 Å². The lowest BCUT2D eigenvalue weighted by Crippen LogP contribution is -2.14. The predicted octanol–water partition coefficient (Wildman–Crippen LogP) is 2.11. The molecule has 0 aromatic carbocycles. The van der Waals surface area contributed by atoms with E-state index in [-0.39, 0.29) is 0 Å². The van der Waals surface area contributed by atoms with Crippen LogP contribution in [0.4, 0.5) is 0 Å². The second kappa shape index (κ2) is 2.47. The molecular weight excluding hydrogens is 150 g/mol. The van der Waals surface area contributed by atoms with Crippen LogP contribution in [0.25, 0.3) is 0 Å². The van der Waals surface area contributed by atoms with Crippen LogP contribution in [0, 0.1) is 0 Å². The van der Waals surface area contributed by atoms with Crippen molar-refractivity contribution in [1.82, 2.24) is 4.57 Å². The Morgan fingerprint density at radius 2 is 2.33 bits per heavy atom. The van der Waals surface area contributed by atoms with Crippen molar-refractivity contribution >= 4 is 5.78 Å². The van der Waals surface area contributed by atoms with Crippen molar-refractivity contribution in [2.75, 3.05) is 0 Å². The normalized spacial score (nSPS) is 22.5. The summed E-state index contributed by atoms with van der Waals surface area (Å²) in [4.78, 5) is 11.4. The Kier molecular flexibility index (Phi) is 1.56. The molecule has 0 saturated carbocycles. The maximum atomic E-state index is 11.4. The largest absolute Gasteiger partial charge is 0.354 e. The van der Waals surface area contributed by atoms with E-state index in [0.717, 1.165) is 18.4 Å². The minimum atomic E-state index is 0.309. The van der Waals surface area contributed by atoms with Gasteiger partial charge in [-0.05, 0) is 18.4 Å². The maximum Gasteiger partial charge on any atom is 0.164 e. The summed E-state index contributed by atoms with van der Waals surface area (Å²) in [6.07, 6.45) is 3.70. The van der Waals surface area contributed by atoms with Gasteiger partial charge in [0.25, 0.3) is 0 Å². The summed E-state index contributed by atoms with van der Waals surface area (Å²) in [5.74, 6) is 0.849. The minimum Gasteiger partial charge on any atom is -0.354 e. The maximum absolute atomic E-state index is 11.4. The van der Waals surface area contributed by atoms with E-state index >= 15 is 0 Å². The molecule has 2 rings (SSSR count). The number of aryl methyl sites for hydroxylation is 1. The van der Waals surface area contributed by atoms with E-state index in [2.05, 4.69) is 11.5 Å². The SMILES string of the molecule is CC1CCC(=O)c2ccn(C)c21. The Hall–Kier alpha value is -1.05. The molecule has 0 amide bonds. The quantitative estimate of drug-likeness (QED) is 0.574. The van der Waals surface area contributed by atoms with Gasteiger partial charge in [-0.25, -0.2) is 0 Å². The first kappa shape index (κ1) is 7.59. The van der Waals surface area contributed by atoms with Gasteiger partial charge in [0.1, 0.15) is 0 Å². The summed E-state index contributed by atoms with van der Waals surface area (Å²) < 4.78 is 2.07. The summed E-state index contributed by atoms with van der Waals surface area (Å²) >= 11 is 0. The molecule has 0 bridgehead atoms. The second-order valence-corrected chi connectivity index (χ2v) is 3.59. The molecule has 2 heteroatoms. The summed E-state index contributed by atoms with van der Waals surface area (Å²) in [5, 5.41) is 0. The van der Waals surface area contributed by atoms with Gasteiger partial charge in [-0.2, -0.15) is 0 Å². The van der Waals surface area contributed by atoms with E-state index < -0.39 is 0 Å². The Balaban J connectivity index is 2.57. The smallest absolute Gasteiger partial charge is 0.164 e. The fourth-order valence-corrected chi connectivity index (χ4v) is 2.01. The van der Waals surface area contributed by atoms with Gasteiger partial charge in [-0.15, -0.1) is 0 Å². The van der Waals surface area contributed by atoms with Gasteiger partial charge in [0.2, 0.25) is 0 Å². The molecule has 1 aromatic rings. The molecule has 0 fully saturated rings. The third kappa shape index (κ3) is 0.909. The number of Topliss-reactive ketones (excluding diaryl/α,β-unsaturated/α-hetero) is 1. The Labute approximate surface area is 72.2 Å². The van der Waals surface area contributed by atoms with Gasteiger partial charge in [-0.3, -0.25) is 4.79 Å². The first-order valence-corrected chi connectivity index (χ1v) is 4.38. The third-order valence-corrected chi connectivity index (χ3v) is 2.69. The van der Waals surface area contributed by atoms with Gasteiger partial charge in [0.05, 0.1) is 0 Å². The molecule has 64 valence electrons. The zero-order chi connectivity index (χ0) is 8.72. The van der Waals surface area contributed by atoms with Crippen molar-refractivity contribution in [3.8, 4) is 0 Å².